The molecular weight excluding hydrogens is 276 g/mol. The first-order valence-electron chi connectivity index (χ1n) is 6.65. The number of aryl methyl sites for hydroxylation is 1. The minimum Gasteiger partial charge on any atom is -0.494 e. The van der Waals surface area contributed by atoms with Gasteiger partial charge in [-0.15, -0.1) is 0 Å². The Bertz CT molecular complexity index is 686. The Labute approximate surface area is 123 Å². The number of methoxy groups -OCH3 is 2. The van der Waals surface area contributed by atoms with Gasteiger partial charge in [-0.2, -0.15) is 0 Å². The van der Waals surface area contributed by atoms with E-state index >= 15 is 0 Å². The van der Waals surface area contributed by atoms with Crippen LogP contribution in [-0.2, 0) is 12.8 Å². The van der Waals surface area contributed by atoms with Crippen molar-refractivity contribution < 1.29 is 9.47 Å². The third-order valence-corrected chi connectivity index (χ3v) is 4.11. The van der Waals surface area contributed by atoms with E-state index in [1.54, 1.807) is 20.3 Å². The van der Waals surface area contributed by atoms with Crippen molar-refractivity contribution in [1.82, 2.24) is 4.98 Å². The number of fused-ring (bicyclic) bond motifs is 2. The van der Waals surface area contributed by atoms with Gasteiger partial charge in [-0.25, -0.2) is 4.98 Å². The van der Waals surface area contributed by atoms with Crippen LogP contribution in [0, 0.1) is 0 Å². The summed E-state index contributed by atoms with van der Waals surface area (Å²) in [5.74, 6) is 1.33. The molecule has 0 saturated carbocycles. The number of benzene rings is 1. The molecule has 3 rings (SSSR count). The normalized spacial score (nSPS) is 13.4. The minimum atomic E-state index is 0.535. The van der Waals surface area contributed by atoms with Crippen molar-refractivity contribution in [3.8, 4) is 11.5 Å². The van der Waals surface area contributed by atoms with Gasteiger partial charge in [-0.3, -0.25) is 0 Å². The minimum absolute atomic E-state index is 0.535. The maximum Gasteiger partial charge on any atom is 0.149 e. The van der Waals surface area contributed by atoms with E-state index in [4.69, 9.17) is 26.1 Å². The molecule has 0 amide bonds. The van der Waals surface area contributed by atoms with Gasteiger partial charge < -0.3 is 14.8 Å². The molecule has 1 N–H and O–H groups in total. The molecule has 1 aliphatic carbocycles. The quantitative estimate of drug-likeness (QED) is 0.941. The van der Waals surface area contributed by atoms with Gasteiger partial charge in [0.25, 0.3) is 0 Å². The average molecular weight is 293 g/mol. The van der Waals surface area contributed by atoms with Gasteiger partial charge in [0.2, 0.25) is 0 Å². The predicted octanol–water partition coefficient (Wildman–Crippen LogP) is 3.44. The Morgan fingerprint density at radius 3 is 2.70 bits per heavy atom. The largest absolute Gasteiger partial charge is 0.494 e. The van der Waals surface area contributed by atoms with E-state index in [0.717, 1.165) is 41.5 Å². The number of anilines is 1. The molecule has 0 unspecified atom stereocenters. The first kappa shape index (κ1) is 13.3. The number of aromatic nitrogens is 1. The van der Waals surface area contributed by atoms with Crippen LogP contribution in [0.3, 0.4) is 0 Å². The summed E-state index contributed by atoms with van der Waals surface area (Å²) in [5.41, 5.74) is 4.27. The lowest BCUT2D eigenvalue weighted by Crippen LogP contribution is -2.02. The van der Waals surface area contributed by atoms with Crippen molar-refractivity contribution in [1.29, 1.82) is 0 Å². The predicted molar refractivity (Wildman–Crippen MR) is 81.4 cm³/mol. The van der Waals surface area contributed by atoms with Crippen molar-refractivity contribution in [2.45, 2.75) is 19.3 Å². The van der Waals surface area contributed by atoms with Crippen LogP contribution in [0.2, 0.25) is 5.02 Å². The van der Waals surface area contributed by atoms with Gasteiger partial charge in [0, 0.05) is 18.8 Å². The lowest BCUT2D eigenvalue weighted by Gasteiger charge is -2.17. The number of hydrogen-bond donors (Lipinski definition) is 1. The van der Waals surface area contributed by atoms with Gasteiger partial charge in [-0.1, -0.05) is 11.6 Å². The third-order valence-electron chi connectivity index (χ3n) is 3.83. The summed E-state index contributed by atoms with van der Waals surface area (Å²) >= 11 is 6.31. The van der Waals surface area contributed by atoms with E-state index in [1.807, 2.05) is 7.05 Å². The first-order valence-corrected chi connectivity index (χ1v) is 7.02. The first-order chi connectivity index (χ1) is 9.71. The molecule has 106 valence electrons. The Hall–Kier alpha value is -1.68. The molecule has 0 fully saturated rings. The van der Waals surface area contributed by atoms with Crippen molar-refractivity contribution in [2.24, 2.45) is 0 Å². The van der Waals surface area contributed by atoms with Crippen LogP contribution in [0.25, 0.3) is 10.9 Å². The maximum atomic E-state index is 6.31. The monoisotopic (exact) mass is 292 g/mol. The highest BCUT2D eigenvalue weighted by molar-refractivity contribution is 6.34. The standard InChI is InChI=1S/C15H17ClN2O2/c1-17-13-8-5-4-6-10(8)18-14-11(19-2)7-9(16)15(20-3)12(13)14/h7H,4-6H2,1-3H3,(H,17,18). The molecule has 4 nitrogen and oxygen atoms in total. The van der Waals surface area contributed by atoms with Gasteiger partial charge in [-0.05, 0) is 24.8 Å². The number of rotatable bonds is 3. The summed E-state index contributed by atoms with van der Waals surface area (Å²) < 4.78 is 10.9. The fourth-order valence-electron chi connectivity index (χ4n) is 2.98. The fraction of sp³-hybridized carbons (Fsp3) is 0.400. The van der Waals surface area contributed by atoms with E-state index in [-0.39, 0.29) is 0 Å². The molecule has 5 heteroatoms. The van der Waals surface area contributed by atoms with Crippen LogP contribution >= 0.6 is 11.6 Å². The summed E-state index contributed by atoms with van der Waals surface area (Å²) in [5, 5.41) is 4.73. The average Bonchev–Trinajstić information content (AvgIpc) is 2.92. The van der Waals surface area contributed by atoms with E-state index in [9.17, 15) is 0 Å². The topological polar surface area (TPSA) is 43.4 Å². The molecule has 0 radical (unpaired) electrons. The van der Waals surface area contributed by atoms with Crippen molar-refractivity contribution in [3.05, 3.63) is 22.3 Å². The molecule has 20 heavy (non-hydrogen) atoms. The van der Waals surface area contributed by atoms with Gasteiger partial charge in [0.1, 0.15) is 17.0 Å². The second kappa shape index (κ2) is 5.02. The van der Waals surface area contributed by atoms with E-state index in [1.165, 1.54) is 5.56 Å². The second-order valence-electron chi connectivity index (χ2n) is 4.83. The maximum absolute atomic E-state index is 6.31. The SMILES string of the molecule is CNc1c2c(nc3c(OC)cc(Cl)c(OC)c13)CCC2. The van der Waals surface area contributed by atoms with Crippen LogP contribution < -0.4 is 14.8 Å². The third kappa shape index (κ3) is 1.79. The van der Waals surface area contributed by atoms with Crippen LogP contribution in [0.4, 0.5) is 5.69 Å². The van der Waals surface area contributed by atoms with E-state index < -0.39 is 0 Å². The summed E-state index contributed by atoms with van der Waals surface area (Å²) in [7, 11) is 5.17. The lowest BCUT2D eigenvalue weighted by atomic mass is 10.1. The molecule has 0 spiro atoms. The molecule has 0 saturated heterocycles. The highest BCUT2D eigenvalue weighted by atomic mass is 35.5. The van der Waals surface area contributed by atoms with Crippen LogP contribution in [0.15, 0.2) is 6.07 Å². The van der Waals surface area contributed by atoms with Crippen molar-refractivity contribution >= 4 is 28.2 Å². The Balaban J connectivity index is 2.49. The number of ether oxygens (including phenoxy) is 2. The molecule has 0 bridgehead atoms. The summed E-state index contributed by atoms with van der Waals surface area (Å²) in [4.78, 5) is 4.78. The molecule has 2 aromatic rings. The lowest BCUT2D eigenvalue weighted by molar-refractivity contribution is 0.410. The van der Waals surface area contributed by atoms with Crippen LogP contribution in [0.1, 0.15) is 17.7 Å². The summed E-state index contributed by atoms with van der Waals surface area (Å²) in [6.45, 7) is 0. The summed E-state index contributed by atoms with van der Waals surface area (Å²) in [6.07, 6.45) is 3.17. The summed E-state index contributed by atoms with van der Waals surface area (Å²) in [6, 6.07) is 1.76. The zero-order valence-corrected chi connectivity index (χ0v) is 12.6. The highest BCUT2D eigenvalue weighted by Crippen LogP contribution is 2.45. The molecule has 1 aliphatic rings. The molecule has 1 aromatic heterocycles. The zero-order chi connectivity index (χ0) is 14.3. The molecule has 0 atom stereocenters. The molecular formula is C15H17ClN2O2. The van der Waals surface area contributed by atoms with Crippen molar-refractivity contribution in [3.63, 3.8) is 0 Å². The second-order valence-corrected chi connectivity index (χ2v) is 5.24. The Kier molecular flexibility index (Phi) is 3.34. The molecule has 1 aromatic carbocycles. The number of hydrogen-bond acceptors (Lipinski definition) is 4. The Morgan fingerprint density at radius 2 is 2.05 bits per heavy atom. The highest BCUT2D eigenvalue weighted by Gasteiger charge is 2.24. The van der Waals surface area contributed by atoms with Crippen LogP contribution in [0.5, 0.6) is 11.5 Å². The zero-order valence-electron chi connectivity index (χ0n) is 11.8. The number of pyridine rings is 1. The van der Waals surface area contributed by atoms with E-state index in [2.05, 4.69) is 5.32 Å². The molecule has 1 heterocycles. The van der Waals surface area contributed by atoms with Gasteiger partial charge in [0.15, 0.2) is 0 Å². The van der Waals surface area contributed by atoms with Crippen LogP contribution in [-0.4, -0.2) is 26.3 Å². The number of nitrogens with zero attached hydrogens (tertiary/aromatic N) is 1. The number of nitrogens with one attached hydrogen (secondary N) is 1. The van der Waals surface area contributed by atoms with Gasteiger partial charge in [0.05, 0.1) is 30.3 Å². The van der Waals surface area contributed by atoms with Crippen molar-refractivity contribution in [2.75, 3.05) is 26.6 Å². The van der Waals surface area contributed by atoms with E-state index in [0.29, 0.717) is 16.5 Å². The smallest absolute Gasteiger partial charge is 0.149 e. The molecule has 0 aliphatic heterocycles. The Morgan fingerprint density at radius 1 is 1.25 bits per heavy atom. The number of halogens is 1. The fourth-order valence-corrected chi connectivity index (χ4v) is 3.25. The van der Waals surface area contributed by atoms with Gasteiger partial charge >= 0.3 is 0 Å².